The van der Waals surface area contributed by atoms with Gasteiger partial charge in [0.25, 0.3) is 11.5 Å². The zero-order valence-corrected chi connectivity index (χ0v) is 13.0. The van der Waals surface area contributed by atoms with Gasteiger partial charge in [0, 0.05) is 12.7 Å². The first-order valence-corrected chi connectivity index (χ1v) is 7.04. The van der Waals surface area contributed by atoms with Crippen molar-refractivity contribution in [3.8, 4) is 5.75 Å². The highest BCUT2D eigenvalue weighted by atomic mass is 16.3. The molecule has 7 heteroatoms. The Morgan fingerprint density at radius 1 is 1.35 bits per heavy atom. The van der Waals surface area contributed by atoms with Gasteiger partial charge in [-0.15, -0.1) is 0 Å². The van der Waals surface area contributed by atoms with Crippen LogP contribution in [0.1, 0.15) is 21.5 Å². The minimum absolute atomic E-state index is 0.317. The Morgan fingerprint density at radius 2 is 2.09 bits per heavy atom. The van der Waals surface area contributed by atoms with Gasteiger partial charge in [0.15, 0.2) is 0 Å². The third-order valence-electron chi connectivity index (χ3n) is 3.75. The Hall–Kier alpha value is -3.09. The molecule has 23 heavy (non-hydrogen) atoms. The summed E-state index contributed by atoms with van der Waals surface area (Å²) in [6.45, 7) is 3.81. The molecule has 0 saturated carbocycles. The standard InChI is InChI=1S/C16H16N4O3/c1-8-4-5-11(9(2)6-8)18-15(22)12-13(21)10-7-17-20(3)14(10)19-16(12)23/h4-7H,1-3H3,(H,18,22)(H2,19,21,23). The fourth-order valence-electron chi connectivity index (χ4n) is 2.52. The summed E-state index contributed by atoms with van der Waals surface area (Å²) in [7, 11) is 1.63. The third kappa shape index (κ3) is 2.46. The minimum atomic E-state index is -0.666. The second-order valence-corrected chi connectivity index (χ2v) is 5.48. The first-order valence-electron chi connectivity index (χ1n) is 7.04. The van der Waals surface area contributed by atoms with Gasteiger partial charge in [-0.05, 0) is 25.5 Å². The molecule has 2 heterocycles. The number of amides is 1. The number of carbonyl (C=O) groups is 1. The van der Waals surface area contributed by atoms with E-state index in [4.69, 9.17) is 0 Å². The first kappa shape index (κ1) is 14.8. The van der Waals surface area contributed by atoms with Gasteiger partial charge in [-0.25, -0.2) is 0 Å². The summed E-state index contributed by atoms with van der Waals surface area (Å²) >= 11 is 0. The maximum absolute atomic E-state index is 12.4. The van der Waals surface area contributed by atoms with Crippen molar-refractivity contribution in [1.82, 2.24) is 14.8 Å². The summed E-state index contributed by atoms with van der Waals surface area (Å²) in [6.07, 6.45) is 1.40. The summed E-state index contributed by atoms with van der Waals surface area (Å²) in [5, 5.41) is 17.2. The predicted octanol–water partition coefficient (Wildman–Crippen LogP) is 1.84. The van der Waals surface area contributed by atoms with Crippen molar-refractivity contribution >= 4 is 22.6 Å². The monoisotopic (exact) mass is 312 g/mol. The highest BCUT2D eigenvalue weighted by Gasteiger charge is 2.21. The van der Waals surface area contributed by atoms with Crippen LogP contribution in [0.5, 0.6) is 5.75 Å². The van der Waals surface area contributed by atoms with Gasteiger partial charge in [0.2, 0.25) is 0 Å². The summed E-state index contributed by atoms with van der Waals surface area (Å²) < 4.78 is 1.42. The number of aryl methyl sites for hydroxylation is 3. The van der Waals surface area contributed by atoms with E-state index in [9.17, 15) is 14.7 Å². The molecule has 3 aromatic rings. The molecule has 0 fully saturated rings. The minimum Gasteiger partial charge on any atom is -0.506 e. The molecule has 1 aromatic carbocycles. The van der Waals surface area contributed by atoms with Gasteiger partial charge in [0.05, 0.1) is 11.6 Å². The molecule has 1 amide bonds. The molecule has 0 spiro atoms. The first-order chi connectivity index (χ1) is 10.9. The SMILES string of the molecule is Cc1ccc(NC(=O)c2c(O)c3cnn(C)c3[nH]c2=O)c(C)c1. The molecule has 0 unspecified atom stereocenters. The molecule has 0 radical (unpaired) electrons. The summed E-state index contributed by atoms with van der Waals surface area (Å²) in [6, 6.07) is 5.54. The van der Waals surface area contributed by atoms with Gasteiger partial charge in [-0.1, -0.05) is 17.7 Å². The lowest BCUT2D eigenvalue weighted by molar-refractivity contribution is 0.102. The highest BCUT2D eigenvalue weighted by Crippen LogP contribution is 2.25. The lowest BCUT2D eigenvalue weighted by Gasteiger charge is -2.10. The summed E-state index contributed by atoms with van der Waals surface area (Å²) in [5.74, 6) is -1.04. The molecule has 3 N–H and O–H groups in total. The number of anilines is 1. The number of hydrogen-bond acceptors (Lipinski definition) is 4. The number of nitrogens with one attached hydrogen (secondary N) is 2. The number of hydrogen-bond donors (Lipinski definition) is 3. The average molecular weight is 312 g/mol. The van der Waals surface area contributed by atoms with Gasteiger partial charge in [-0.3, -0.25) is 14.3 Å². The van der Waals surface area contributed by atoms with Gasteiger partial charge >= 0.3 is 0 Å². The van der Waals surface area contributed by atoms with E-state index in [2.05, 4.69) is 15.4 Å². The molecule has 0 aliphatic rings. The molecular weight excluding hydrogens is 296 g/mol. The van der Waals surface area contributed by atoms with E-state index in [1.807, 2.05) is 26.0 Å². The molecule has 0 bridgehead atoms. The number of aromatic nitrogens is 3. The van der Waals surface area contributed by atoms with E-state index in [1.54, 1.807) is 13.1 Å². The highest BCUT2D eigenvalue weighted by molar-refractivity contribution is 6.08. The van der Waals surface area contributed by atoms with E-state index < -0.39 is 11.5 Å². The van der Waals surface area contributed by atoms with Crippen LogP contribution in [0.4, 0.5) is 5.69 Å². The average Bonchev–Trinajstić information content (AvgIpc) is 2.84. The molecule has 0 aliphatic carbocycles. The number of carbonyl (C=O) groups excluding carboxylic acids is 1. The van der Waals surface area contributed by atoms with Crippen LogP contribution in [-0.2, 0) is 7.05 Å². The number of nitrogens with zero attached hydrogens (tertiary/aromatic N) is 2. The number of aromatic amines is 1. The van der Waals surface area contributed by atoms with Crippen molar-refractivity contribution in [2.24, 2.45) is 7.05 Å². The Morgan fingerprint density at radius 3 is 2.78 bits per heavy atom. The van der Waals surface area contributed by atoms with Crippen LogP contribution in [0.3, 0.4) is 0 Å². The van der Waals surface area contributed by atoms with Crippen molar-refractivity contribution in [1.29, 1.82) is 0 Å². The van der Waals surface area contributed by atoms with Gasteiger partial charge in [-0.2, -0.15) is 5.10 Å². The van der Waals surface area contributed by atoms with Crippen molar-refractivity contribution in [2.45, 2.75) is 13.8 Å². The topological polar surface area (TPSA) is 100 Å². The Balaban J connectivity index is 2.06. The van der Waals surface area contributed by atoms with E-state index in [0.29, 0.717) is 16.7 Å². The number of fused-ring (bicyclic) bond motifs is 1. The Kier molecular flexibility index (Phi) is 3.40. The van der Waals surface area contributed by atoms with Crippen molar-refractivity contribution in [2.75, 3.05) is 5.32 Å². The van der Waals surface area contributed by atoms with Crippen LogP contribution in [0, 0.1) is 13.8 Å². The maximum atomic E-state index is 12.4. The molecule has 118 valence electrons. The predicted molar refractivity (Wildman–Crippen MR) is 86.9 cm³/mol. The molecular formula is C16H16N4O3. The van der Waals surface area contributed by atoms with Crippen LogP contribution >= 0.6 is 0 Å². The van der Waals surface area contributed by atoms with E-state index >= 15 is 0 Å². The second kappa shape index (κ2) is 5.28. The number of aromatic hydroxyl groups is 1. The second-order valence-electron chi connectivity index (χ2n) is 5.48. The molecule has 0 aliphatic heterocycles. The van der Waals surface area contributed by atoms with Crippen LogP contribution in [-0.4, -0.2) is 25.8 Å². The maximum Gasteiger partial charge on any atom is 0.266 e. The molecule has 0 atom stereocenters. The van der Waals surface area contributed by atoms with Crippen molar-refractivity contribution in [3.05, 3.63) is 51.4 Å². The zero-order valence-electron chi connectivity index (χ0n) is 13.0. The Bertz CT molecular complexity index is 985. The lowest BCUT2D eigenvalue weighted by atomic mass is 10.1. The number of benzene rings is 1. The van der Waals surface area contributed by atoms with Crippen LogP contribution in [0.25, 0.3) is 11.0 Å². The molecule has 3 rings (SSSR count). The van der Waals surface area contributed by atoms with Crippen LogP contribution < -0.4 is 10.9 Å². The van der Waals surface area contributed by atoms with Crippen LogP contribution in [0.15, 0.2) is 29.2 Å². The van der Waals surface area contributed by atoms with Crippen LogP contribution in [0.2, 0.25) is 0 Å². The summed E-state index contributed by atoms with van der Waals surface area (Å²) in [5.41, 5.74) is 1.89. The number of pyridine rings is 1. The third-order valence-corrected chi connectivity index (χ3v) is 3.75. The van der Waals surface area contributed by atoms with E-state index in [-0.39, 0.29) is 11.3 Å². The normalized spacial score (nSPS) is 10.9. The quantitative estimate of drug-likeness (QED) is 0.672. The molecule has 0 saturated heterocycles. The lowest BCUT2D eigenvalue weighted by Crippen LogP contribution is -2.24. The number of rotatable bonds is 2. The molecule has 2 aromatic heterocycles. The molecule has 7 nitrogen and oxygen atoms in total. The smallest absolute Gasteiger partial charge is 0.266 e. The van der Waals surface area contributed by atoms with Crippen molar-refractivity contribution < 1.29 is 9.90 Å². The van der Waals surface area contributed by atoms with E-state index in [0.717, 1.165) is 11.1 Å². The number of H-pyrrole nitrogens is 1. The largest absolute Gasteiger partial charge is 0.506 e. The zero-order chi connectivity index (χ0) is 16.7. The van der Waals surface area contributed by atoms with Gasteiger partial charge in [0.1, 0.15) is 17.0 Å². The van der Waals surface area contributed by atoms with Crippen molar-refractivity contribution in [3.63, 3.8) is 0 Å². The fraction of sp³-hybridized carbons (Fsp3) is 0.188. The summed E-state index contributed by atoms with van der Waals surface area (Å²) in [4.78, 5) is 27.1. The Labute approximate surface area is 131 Å². The van der Waals surface area contributed by atoms with E-state index in [1.165, 1.54) is 10.9 Å². The van der Waals surface area contributed by atoms with Gasteiger partial charge < -0.3 is 15.4 Å². The fourth-order valence-corrected chi connectivity index (χ4v) is 2.52.